The highest BCUT2D eigenvalue weighted by atomic mass is 16.6. The molecule has 9 nitrogen and oxygen atoms in total. The van der Waals surface area contributed by atoms with E-state index in [0.717, 1.165) is 50.6 Å². The maximum Gasteiger partial charge on any atom is 0.273 e. The van der Waals surface area contributed by atoms with Crippen LogP contribution in [0.25, 0.3) is 5.69 Å². The van der Waals surface area contributed by atoms with Crippen LogP contribution in [-0.2, 0) is 0 Å². The second kappa shape index (κ2) is 8.57. The van der Waals surface area contributed by atoms with Crippen LogP contribution in [0.1, 0.15) is 22.6 Å². The average molecular weight is 386 g/mol. The van der Waals surface area contributed by atoms with Gasteiger partial charge in [0.2, 0.25) is 0 Å². The van der Waals surface area contributed by atoms with Crippen LogP contribution in [0.3, 0.4) is 0 Å². The van der Waals surface area contributed by atoms with Gasteiger partial charge in [-0.1, -0.05) is 5.21 Å². The van der Waals surface area contributed by atoms with Crippen molar-refractivity contribution in [2.45, 2.75) is 13.3 Å². The summed E-state index contributed by atoms with van der Waals surface area (Å²) in [5.74, 6) is 1.20. The Morgan fingerprint density at radius 1 is 1.21 bits per heavy atom. The lowest BCUT2D eigenvalue weighted by molar-refractivity contribution is 0.0945. The molecule has 1 amide bonds. The molecule has 9 heteroatoms. The van der Waals surface area contributed by atoms with Crippen LogP contribution >= 0.6 is 0 Å². The minimum Gasteiger partial charge on any atom is -0.486 e. The molecule has 3 heterocycles. The van der Waals surface area contributed by atoms with Gasteiger partial charge in [0.25, 0.3) is 5.91 Å². The summed E-state index contributed by atoms with van der Waals surface area (Å²) in [5, 5.41) is 14.5. The van der Waals surface area contributed by atoms with E-state index in [9.17, 15) is 4.79 Å². The number of carbonyl (C=O) groups excluding carboxylic acids is 1. The SMILES string of the molecule is Cc1c(C(=O)NCCCN2CCNCC2)nnn1-c1ccc2c(c1)OCCO2. The van der Waals surface area contributed by atoms with Crippen molar-refractivity contribution in [3.05, 3.63) is 29.6 Å². The molecule has 0 atom stereocenters. The second-order valence-electron chi connectivity index (χ2n) is 6.96. The Labute approximate surface area is 164 Å². The Balaban J connectivity index is 1.35. The van der Waals surface area contributed by atoms with Crippen molar-refractivity contribution in [3.63, 3.8) is 0 Å². The summed E-state index contributed by atoms with van der Waals surface area (Å²) < 4.78 is 12.8. The van der Waals surface area contributed by atoms with Crippen LogP contribution < -0.4 is 20.1 Å². The molecule has 2 aliphatic heterocycles. The van der Waals surface area contributed by atoms with Gasteiger partial charge in [-0.15, -0.1) is 5.10 Å². The minimum atomic E-state index is -0.193. The summed E-state index contributed by atoms with van der Waals surface area (Å²) in [7, 11) is 0. The molecule has 28 heavy (non-hydrogen) atoms. The second-order valence-corrected chi connectivity index (χ2v) is 6.96. The lowest BCUT2D eigenvalue weighted by atomic mass is 10.2. The molecule has 0 aliphatic carbocycles. The molecule has 0 spiro atoms. The van der Waals surface area contributed by atoms with E-state index < -0.39 is 0 Å². The summed E-state index contributed by atoms with van der Waals surface area (Å²) in [6.45, 7) is 8.73. The molecule has 0 radical (unpaired) electrons. The molecular weight excluding hydrogens is 360 g/mol. The van der Waals surface area contributed by atoms with E-state index in [-0.39, 0.29) is 5.91 Å². The highest BCUT2D eigenvalue weighted by molar-refractivity contribution is 5.93. The van der Waals surface area contributed by atoms with E-state index >= 15 is 0 Å². The predicted molar refractivity (Wildman–Crippen MR) is 103 cm³/mol. The van der Waals surface area contributed by atoms with E-state index in [1.807, 2.05) is 25.1 Å². The average Bonchev–Trinajstić information content (AvgIpc) is 3.13. The topological polar surface area (TPSA) is 93.5 Å². The summed E-state index contributed by atoms with van der Waals surface area (Å²) in [4.78, 5) is 14.9. The zero-order valence-corrected chi connectivity index (χ0v) is 16.1. The van der Waals surface area contributed by atoms with E-state index in [2.05, 4.69) is 25.8 Å². The molecule has 4 rings (SSSR count). The van der Waals surface area contributed by atoms with E-state index in [1.165, 1.54) is 0 Å². The Morgan fingerprint density at radius 2 is 2.00 bits per heavy atom. The number of hydrogen-bond donors (Lipinski definition) is 2. The smallest absolute Gasteiger partial charge is 0.273 e. The first-order valence-electron chi connectivity index (χ1n) is 9.76. The van der Waals surface area contributed by atoms with Crippen molar-refractivity contribution < 1.29 is 14.3 Å². The van der Waals surface area contributed by atoms with E-state index in [0.29, 0.717) is 36.9 Å². The number of nitrogens with one attached hydrogen (secondary N) is 2. The molecule has 1 aromatic carbocycles. The number of benzene rings is 1. The van der Waals surface area contributed by atoms with Crippen LogP contribution in [0, 0.1) is 6.92 Å². The number of rotatable bonds is 6. The van der Waals surface area contributed by atoms with Gasteiger partial charge in [-0.05, 0) is 32.0 Å². The first kappa shape index (κ1) is 18.7. The van der Waals surface area contributed by atoms with Gasteiger partial charge in [0.1, 0.15) is 13.2 Å². The van der Waals surface area contributed by atoms with Crippen LogP contribution in [0.4, 0.5) is 0 Å². The lowest BCUT2D eigenvalue weighted by Crippen LogP contribution is -2.44. The molecule has 1 aromatic heterocycles. The first-order chi connectivity index (χ1) is 13.7. The third-order valence-corrected chi connectivity index (χ3v) is 5.03. The van der Waals surface area contributed by atoms with Gasteiger partial charge >= 0.3 is 0 Å². The Bertz CT molecular complexity index is 831. The number of hydrogen-bond acceptors (Lipinski definition) is 7. The number of nitrogens with zero attached hydrogens (tertiary/aromatic N) is 4. The van der Waals surface area contributed by atoms with E-state index in [4.69, 9.17) is 9.47 Å². The van der Waals surface area contributed by atoms with Crippen LogP contribution in [0.2, 0.25) is 0 Å². The third kappa shape index (κ3) is 4.10. The van der Waals surface area contributed by atoms with Crippen LogP contribution in [0.5, 0.6) is 11.5 Å². The highest BCUT2D eigenvalue weighted by Crippen LogP contribution is 2.32. The van der Waals surface area contributed by atoms with E-state index in [1.54, 1.807) is 4.68 Å². The van der Waals surface area contributed by atoms with Crippen molar-refractivity contribution >= 4 is 5.91 Å². The van der Waals surface area contributed by atoms with Gasteiger partial charge in [0, 0.05) is 38.8 Å². The molecule has 2 aliphatic rings. The minimum absolute atomic E-state index is 0.193. The van der Waals surface area contributed by atoms with Crippen LogP contribution in [0.15, 0.2) is 18.2 Å². The lowest BCUT2D eigenvalue weighted by Gasteiger charge is -2.26. The van der Waals surface area contributed by atoms with Crippen molar-refractivity contribution in [1.29, 1.82) is 0 Å². The van der Waals surface area contributed by atoms with Gasteiger partial charge in [-0.2, -0.15) is 0 Å². The standard InChI is InChI=1S/C19H26N6O3/c1-14-18(19(26)21-5-2-8-24-9-6-20-7-10-24)22-23-25(14)15-3-4-16-17(13-15)28-12-11-27-16/h3-4,13,20H,2,5-12H2,1H3,(H,21,26). The molecule has 2 aromatic rings. The summed E-state index contributed by atoms with van der Waals surface area (Å²) in [6.07, 6.45) is 0.918. The van der Waals surface area contributed by atoms with Crippen molar-refractivity contribution in [1.82, 2.24) is 30.5 Å². The maximum absolute atomic E-state index is 12.5. The Morgan fingerprint density at radius 3 is 2.82 bits per heavy atom. The molecular formula is C19H26N6O3. The van der Waals surface area contributed by atoms with Crippen molar-refractivity contribution in [3.8, 4) is 17.2 Å². The fraction of sp³-hybridized carbons (Fsp3) is 0.526. The Hall–Kier alpha value is -2.65. The summed E-state index contributed by atoms with van der Waals surface area (Å²) in [6, 6.07) is 5.58. The first-order valence-corrected chi connectivity index (χ1v) is 9.76. The number of fused-ring (bicyclic) bond motifs is 1. The van der Waals surface area contributed by atoms with Crippen LogP contribution in [-0.4, -0.2) is 78.3 Å². The quantitative estimate of drug-likeness (QED) is 0.693. The summed E-state index contributed by atoms with van der Waals surface area (Å²) >= 11 is 0. The molecule has 0 bridgehead atoms. The monoisotopic (exact) mass is 386 g/mol. The zero-order valence-electron chi connectivity index (χ0n) is 16.1. The van der Waals surface area contributed by atoms with Gasteiger partial charge in [0.05, 0.1) is 11.4 Å². The number of amides is 1. The fourth-order valence-corrected chi connectivity index (χ4v) is 3.47. The highest BCUT2D eigenvalue weighted by Gasteiger charge is 2.19. The molecule has 2 N–H and O–H groups in total. The number of carbonyl (C=O) groups is 1. The Kier molecular flexibility index (Phi) is 5.73. The molecule has 1 saturated heterocycles. The molecule has 0 saturated carbocycles. The zero-order chi connectivity index (χ0) is 19.3. The molecule has 150 valence electrons. The number of aromatic nitrogens is 3. The van der Waals surface area contributed by atoms with Gasteiger partial charge in [-0.3, -0.25) is 4.79 Å². The van der Waals surface area contributed by atoms with Crippen molar-refractivity contribution in [2.24, 2.45) is 0 Å². The third-order valence-electron chi connectivity index (χ3n) is 5.03. The number of piperazine rings is 1. The predicted octanol–water partition coefficient (Wildman–Crippen LogP) is 0.372. The van der Waals surface area contributed by atoms with Gasteiger partial charge in [-0.25, -0.2) is 4.68 Å². The number of ether oxygens (including phenoxy) is 2. The van der Waals surface area contributed by atoms with Gasteiger partial charge < -0.3 is 25.0 Å². The largest absolute Gasteiger partial charge is 0.486 e. The summed E-state index contributed by atoms with van der Waals surface area (Å²) in [5.41, 5.74) is 1.82. The van der Waals surface area contributed by atoms with Crippen molar-refractivity contribution in [2.75, 3.05) is 52.5 Å². The van der Waals surface area contributed by atoms with Gasteiger partial charge in [0.15, 0.2) is 17.2 Å². The fourth-order valence-electron chi connectivity index (χ4n) is 3.47. The normalized spacial score (nSPS) is 16.8. The maximum atomic E-state index is 12.5. The molecule has 0 unspecified atom stereocenters. The molecule has 1 fully saturated rings.